The zero-order valence-corrected chi connectivity index (χ0v) is 13.1. The highest BCUT2D eigenvalue weighted by Crippen LogP contribution is 2.34. The van der Waals surface area contributed by atoms with Crippen LogP contribution in [0.5, 0.6) is 5.75 Å². The quantitative estimate of drug-likeness (QED) is 0.808. The first kappa shape index (κ1) is 15.2. The van der Waals surface area contributed by atoms with E-state index in [4.69, 9.17) is 32.7 Å². The van der Waals surface area contributed by atoms with E-state index in [0.717, 1.165) is 0 Å². The summed E-state index contributed by atoms with van der Waals surface area (Å²) in [7, 11) is 0. The van der Waals surface area contributed by atoms with Crippen LogP contribution in [-0.4, -0.2) is 24.1 Å². The largest absolute Gasteiger partial charge is 0.417 e. The smallest absolute Gasteiger partial charge is 0.410 e. The molecule has 1 amide bonds. The Labute approximate surface area is 138 Å². The summed E-state index contributed by atoms with van der Waals surface area (Å²) in [6, 6.07) is 14.0. The third-order valence-corrected chi connectivity index (χ3v) is 3.86. The standard InChI is InChI=1S/C16H13Cl2NO3/c17-11-6-7-13(14(18)10-11)15-19(8-9-21-15)16(20)22-12-4-2-1-3-5-12/h1-7,10,15H,8-9H2. The molecule has 0 bridgehead atoms. The van der Waals surface area contributed by atoms with Gasteiger partial charge in [0.05, 0.1) is 13.2 Å². The highest BCUT2D eigenvalue weighted by Gasteiger charge is 2.33. The second-order valence-corrected chi connectivity index (χ2v) is 5.61. The van der Waals surface area contributed by atoms with Gasteiger partial charge in [-0.15, -0.1) is 0 Å². The summed E-state index contributed by atoms with van der Waals surface area (Å²) in [4.78, 5) is 13.8. The van der Waals surface area contributed by atoms with E-state index in [9.17, 15) is 4.79 Å². The molecular formula is C16H13Cl2NO3. The highest BCUT2D eigenvalue weighted by atomic mass is 35.5. The third-order valence-electron chi connectivity index (χ3n) is 3.30. The van der Waals surface area contributed by atoms with Gasteiger partial charge in [-0.05, 0) is 24.3 Å². The third kappa shape index (κ3) is 3.19. The Morgan fingerprint density at radius 3 is 2.68 bits per heavy atom. The number of carbonyl (C=O) groups excluding carboxylic acids is 1. The Morgan fingerprint density at radius 1 is 1.18 bits per heavy atom. The van der Waals surface area contributed by atoms with Gasteiger partial charge in [0, 0.05) is 15.6 Å². The van der Waals surface area contributed by atoms with Crippen LogP contribution in [0.2, 0.25) is 10.0 Å². The molecule has 0 aliphatic carbocycles. The fourth-order valence-electron chi connectivity index (χ4n) is 2.26. The van der Waals surface area contributed by atoms with Crippen molar-refractivity contribution in [3.8, 4) is 5.75 Å². The van der Waals surface area contributed by atoms with Gasteiger partial charge in [0.25, 0.3) is 0 Å². The van der Waals surface area contributed by atoms with Crippen molar-refractivity contribution in [1.82, 2.24) is 4.90 Å². The number of halogens is 2. The molecule has 0 aromatic heterocycles. The van der Waals surface area contributed by atoms with E-state index >= 15 is 0 Å². The number of carbonyl (C=O) groups is 1. The summed E-state index contributed by atoms with van der Waals surface area (Å²) in [5.74, 6) is 0.486. The number of benzene rings is 2. The van der Waals surface area contributed by atoms with Crippen LogP contribution in [-0.2, 0) is 4.74 Å². The van der Waals surface area contributed by atoms with Crippen molar-refractivity contribution in [3.63, 3.8) is 0 Å². The van der Waals surface area contributed by atoms with Gasteiger partial charge >= 0.3 is 6.09 Å². The number of hydrogen-bond acceptors (Lipinski definition) is 3. The fraction of sp³-hybridized carbons (Fsp3) is 0.188. The molecule has 6 heteroatoms. The molecular weight excluding hydrogens is 325 g/mol. The minimum absolute atomic E-state index is 0.424. The minimum Gasteiger partial charge on any atom is -0.410 e. The van der Waals surface area contributed by atoms with Crippen LogP contribution in [0.4, 0.5) is 4.79 Å². The molecule has 2 aromatic carbocycles. The normalized spacial score (nSPS) is 17.5. The van der Waals surface area contributed by atoms with Crippen LogP contribution in [0, 0.1) is 0 Å². The molecule has 1 aliphatic rings. The van der Waals surface area contributed by atoms with Gasteiger partial charge in [-0.25, -0.2) is 4.79 Å². The predicted molar refractivity (Wildman–Crippen MR) is 84.3 cm³/mol. The topological polar surface area (TPSA) is 38.8 Å². The lowest BCUT2D eigenvalue weighted by Gasteiger charge is -2.23. The zero-order chi connectivity index (χ0) is 15.5. The van der Waals surface area contributed by atoms with Crippen LogP contribution < -0.4 is 4.74 Å². The first-order chi connectivity index (χ1) is 10.6. The van der Waals surface area contributed by atoms with Crippen molar-refractivity contribution in [2.75, 3.05) is 13.2 Å². The monoisotopic (exact) mass is 337 g/mol. The molecule has 2 aromatic rings. The van der Waals surface area contributed by atoms with Crippen molar-refractivity contribution in [2.24, 2.45) is 0 Å². The summed E-state index contributed by atoms with van der Waals surface area (Å²) < 4.78 is 11.0. The first-order valence-corrected chi connectivity index (χ1v) is 7.51. The minimum atomic E-state index is -0.569. The molecule has 114 valence electrons. The molecule has 1 saturated heterocycles. The second kappa shape index (κ2) is 6.57. The molecule has 1 aliphatic heterocycles. The first-order valence-electron chi connectivity index (χ1n) is 6.75. The van der Waals surface area contributed by atoms with E-state index < -0.39 is 12.3 Å². The summed E-state index contributed by atoms with van der Waals surface area (Å²) >= 11 is 12.1. The van der Waals surface area contributed by atoms with Gasteiger partial charge in [-0.2, -0.15) is 0 Å². The van der Waals surface area contributed by atoms with Crippen LogP contribution >= 0.6 is 23.2 Å². The van der Waals surface area contributed by atoms with Gasteiger partial charge in [0.1, 0.15) is 5.75 Å². The average Bonchev–Trinajstić information content (AvgIpc) is 2.97. The summed E-state index contributed by atoms with van der Waals surface area (Å²) in [6.07, 6.45) is -1.04. The van der Waals surface area contributed by atoms with Crippen LogP contribution in [0.15, 0.2) is 48.5 Å². The van der Waals surface area contributed by atoms with Gasteiger partial charge in [-0.1, -0.05) is 47.5 Å². The van der Waals surface area contributed by atoms with E-state index in [1.165, 1.54) is 4.90 Å². The number of amides is 1. The van der Waals surface area contributed by atoms with Crippen LogP contribution in [0.25, 0.3) is 0 Å². The average molecular weight is 338 g/mol. The highest BCUT2D eigenvalue weighted by molar-refractivity contribution is 6.35. The van der Waals surface area contributed by atoms with Crippen molar-refractivity contribution >= 4 is 29.3 Å². The maximum Gasteiger partial charge on any atom is 0.417 e. The fourth-order valence-corrected chi connectivity index (χ4v) is 2.77. The van der Waals surface area contributed by atoms with Crippen molar-refractivity contribution in [2.45, 2.75) is 6.23 Å². The molecule has 4 nitrogen and oxygen atoms in total. The van der Waals surface area contributed by atoms with E-state index in [-0.39, 0.29) is 0 Å². The zero-order valence-electron chi connectivity index (χ0n) is 11.5. The van der Waals surface area contributed by atoms with E-state index in [1.54, 1.807) is 42.5 Å². The maximum absolute atomic E-state index is 12.3. The van der Waals surface area contributed by atoms with E-state index in [2.05, 4.69) is 0 Å². The lowest BCUT2D eigenvalue weighted by atomic mass is 10.2. The molecule has 1 heterocycles. The molecule has 3 rings (SSSR count). The Hall–Kier alpha value is -1.75. The number of nitrogens with zero attached hydrogens (tertiary/aromatic N) is 1. The second-order valence-electron chi connectivity index (χ2n) is 4.76. The molecule has 0 spiro atoms. The van der Waals surface area contributed by atoms with Crippen molar-refractivity contribution in [1.29, 1.82) is 0 Å². The van der Waals surface area contributed by atoms with E-state index in [0.29, 0.717) is 34.5 Å². The van der Waals surface area contributed by atoms with Gasteiger partial charge in [-0.3, -0.25) is 4.90 Å². The maximum atomic E-state index is 12.3. The lowest BCUT2D eigenvalue weighted by Crippen LogP contribution is -2.33. The molecule has 0 radical (unpaired) electrons. The summed E-state index contributed by atoms with van der Waals surface area (Å²) in [5, 5.41) is 0.988. The molecule has 1 fully saturated rings. The Morgan fingerprint density at radius 2 is 1.95 bits per heavy atom. The number of hydrogen-bond donors (Lipinski definition) is 0. The number of para-hydroxylation sites is 1. The van der Waals surface area contributed by atoms with Gasteiger partial charge < -0.3 is 9.47 Å². The van der Waals surface area contributed by atoms with Crippen molar-refractivity contribution in [3.05, 3.63) is 64.1 Å². The molecule has 1 atom stereocenters. The van der Waals surface area contributed by atoms with Crippen LogP contribution in [0.1, 0.15) is 11.8 Å². The van der Waals surface area contributed by atoms with Gasteiger partial charge in [0.15, 0.2) is 6.23 Å². The molecule has 0 N–H and O–H groups in total. The molecule has 0 saturated carbocycles. The summed E-state index contributed by atoms with van der Waals surface area (Å²) in [6.45, 7) is 0.864. The SMILES string of the molecule is O=C(Oc1ccccc1)N1CCOC1c1ccc(Cl)cc1Cl. The number of rotatable bonds is 2. The number of ether oxygens (including phenoxy) is 2. The molecule has 1 unspecified atom stereocenters. The van der Waals surface area contributed by atoms with Crippen molar-refractivity contribution < 1.29 is 14.3 Å². The Bertz CT molecular complexity index is 678. The predicted octanol–water partition coefficient (Wildman–Crippen LogP) is 4.52. The van der Waals surface area contributed by atoms with Crippen LogP contribution in [0.3, 0.4) is 0 Å². The lowest BCUT2D eigenvalue weighted by molar-refractivity contribution is 0.0376. The Balaban J connectivity index is 1.79. The van der Waals surface area contributed by atoms with Gasteiger partial charge in [0.2, 0.25) is 0 Å². The van der Waals surface area contributed by atoms with E-state index in [1.807, 2.05) is 6.07 Å². The Kier molecular flexibility index (Phi) is 4.52. The molecule has 22 heavy (non-hydrogen) atoms. The summed E-state index contributed by atoms with van der Waals surface area (Å²) in [5.41, 5.74) is 0.688.